The fourth-order valence-electron chi connectivity index (χ4n) is 1.51. The zero-order chi connectivity index (χ0) is 10.2. The van der Waals surface area contributed by atoms with Crippen LogP contribution < -0.4 is 0 Å². The molecular weight excluding hydrogens is 194 g/mol. The van der Waals surface area contributed by atoms with Gasteiger partial charge in [0.15, 0.2) is 0 Å². The van der Waals surface area contributed by atoms with Crippen LogP contribution in [0.2, 0.25) is 0 Å². The van der Waals surface area contributed by atoms with Crippen molar-refractivity contribution in [3.63, 3.8) is 0 Å². The number of carboxylic acids is 1. The Kier molecular flexibility index (Phi) is 2.63. The van der Waals surface area contributed by atoms with E-state index in [4.69, 9.17) is 5.11 Å². The molecule has 76 valence electrons. The Bertz CT molecular complexity index is 310. The summed E-state index contributed by atoms with van der Waals surface area (Å²) in [6.45, 7) is 2.18. The summed E-state index contributed by atoms with van der Waals surface area (Å²) in [6, 6.07) is 0. The maximum atomic E-state index is 11.1. The average Bonchev–Trinajstić information content (AvgIpc) is 2.29. The van der Waals surface area contributed by atoms with Crippen molar-refractivity contribution in [2.24, 2.45) is 11.8 Å². The van der Waals surface area contributed by atoms with E-state index in [0.717, 1.165) is 6.26 Å². The highest BCUT2D eigenvalue weighted by Crippen LogP contribution is 2.24. The van der Waals surface area contributed by atoms with Crippen molar-refractivity contribution >= 4 is 16.0 Å². The normalized spacial score (nSPS) is 30.6. The lowest BCUT2D eigenvalue weighted by atomic mass is 9.99. The molecule has 6 heteroatoms. The number of carbonyl (C=O) groups is 1. The Labute approximate surface area is 77.4 Å². The van der Waals surface area contributed by atoms with Crippen LogP contribution in [0.3, 0.4) is 0 Å². The van der Waals surface area contributed by atoms with Crippen LogP contribution in [0.5, 0.6) is 0 Å². The van der Waals surface area contributed by atoms with E-state index in [1.165, 1.54) is 4.31 Å². The first-order chi connectivity index (χ1) is 5.82. The van der Waals surface area contributed by atoms with Crippen molar-refractivity contribution in [3.8, 4) is 0 Å². The third kappa shape index (κ3) is 2.19. The van der Waals surface area contributed by atoms with E-state index in [9.17, 15) is 13.2 Å². The Morgan fingerprint density at radius 1 is 1.46 bits per heavy atom. The molecule has 0 aliphatic carbocycles. The summed E-state index contributed by atoms with van der Waals surface area (Å²) in [6.07, 6.45) is 1.10. The molecule has 1 aliphatic rings. The molecular formula is C7H13NO4S. The van der Waals surface area contributed by atoms with E-state index < -0.39 is 21.9 Å². The van der Waals surface area contributed by atoms with Gasteiger partial charge in [0.1, 0.15) is 0 Å². The monoisotopic (exact) mass is 207 g/mol. The smallest absolute Gasteiger partial charge is 0.308 e. The Hall–Kier alpha value is -0.620. The first-order valence-corrected chi connectivity index (χ1v) is 5.85. The van der Waals surface area contributed by atoms with Crippen LogP contribution in [0.15, 0.2) is 0 Å². The van der Waals surface area contributed by atoms with Gasteiger partial charge in [-0.1, -0.05) is 6.92 Å². The lowest BCUT2D eigenvalue weighted by molar-refractivity contribution is -0.142. The van der Waals surface area contributed by atoms with E-state index >= 15 is 0 Å². The number of aliphatic carboxylic acids is 1. The minimum Gasteiger partial charge on any atom is -0.481 e. The van der Waals surface area contributed by atoms with Crippen LogP contribution in [0.1, 0.15) is 6.92 Å². The van der Waals surface area contributed by atoms with E-state index in [2.05, 4.69) is 0 Å². The summed E-state index contributed by atoms with van der Waals surface area (Å²) in [5.41, 5.74) is 0. The number of sulfonamides is 1. The minimum absolute atomic E-state index is 0.104. The topological polar surface area (TPSA) is 74.7 Å². The van der Waals surface area contributed by atoms with Gasteiger partial charge in [-0.25, -0.2) is 12.7 Å². The molecule has 0 unspecified atom stereocenters. The molecule has 13 heavy (non-hydrogen) atoms. The molecule has 1 fully saturated rings. The van der Waals surface area contributed by atoms with Crippen LogP contribution in [0, 0.1) is 11.8 Å². The van der Waals surface area contributed by atoms with Gasteiger partial charge in [-0.2, -0.15) is 0 Å². The van der Waals surface area contributed by atoms with Crippen molar-refractivity contribution in [2.75, 3.05) is 19.3 Å². The fourth-order valence-corrected chi connectivity index (χ4v) is 2.45. The van der Waals surface area contributed by atoms with Gasteiger partial charge in [0.25, 0.3) is 0 Å². The van der Waals surface area contributed by atoms with Gasteiger partial charge >= 0.3 is 5.97 Å². The number of nitrogens with zero attached hydrogens (tertiary/aromatic N) is 1. The summed E-state index contributed by atoms with van der Waals surface area (Å²) in [5, 5.41) is 8.75. The predicted molar refractivity (Wildman–Crippen MR) is 46.7 cm³/mol. The van der Waals surface area contributed by atoms with Crippen LogP contribution >= 0.6 is 0 Å². The lowest BCUT2D eigenvalue weighted by Gasteiger charge is -2.11. The van der Waals surface area contributed by atoms with Gasteiger partial charge in [-0.15, -0.1) is 0 Å². The number of carboxylic acid groups (broad SMARTS) is 1. The summed E-state index contributed by atoms with van der Waals surface area (Å²) < 4.78 is 23.4. The van der Waals surface area contributed by atoms with Crippen molar-refractivity contribution in [2.45, 2.75) is 6.92 Å². The summed E-state index contributed by atoms with van der Waals surface area (Å²) in [5.74, 6) is -1.58. The van der Waals surface area contributed by atoms with Crippen molar-refractivity contribution in [1.29, 1.82) is 0 Å². The molecule has 0 spiro atoms. The number of rotatable bonds is 2. The van der Waals surface area contributed by atoms with E-state index in [-0.39, 0.29) is 12.5 Å². The third-order valence-corrected chi connectivity index (χ3v) is 3.60. The zero-order valence-corrected chi connectivity index (χ0v) is 8.41. The molecule has 5 nitrogen and oxygen atoms in total. The summed E-state index contributed by atoms with van der Waals surface area (Å²) in [4.78, 5) is 10.7. The molecule has 1 saturated heterocycles. The Morgan fingerprint density at radius 3 is 2.23 bits per heavy atom. The highest BCUT2D eigenvalue weighted by atomic mass is 32.2. The quantitative estimate of drug-likeness (QED) is 0.668. The molecule has 1 heterocycles. The molecule has 0 amide bonds. The van der Waals surface area contributed by atoms with Crippen molar-refractivity contribution in [3.05, 3.63) is 0 Å². The van der Waals surface area contributed by atoms with Crippen molar-refractivity contribution in [1.82, 2.24) is 4.31 Å². The van der Waals surface area contributed by atoms with Gasteiger partial charge in [0.2, 0.25) is 10.0 Å². The predicted octanol–water partition coefficient (Wildman–Crippen LogP) is -0.402. The molecule has 0 radical (unpaired) electrons. The van der Waals surface area contributed by atoms with Crippen LogP contribution in [0.4, 0.5) is 0 Å². The van der Waals surface area contributed by atoms with Crippen LogP contribution in [-0.4, -0.2) is 43.1 Å². The Balaban J connectivity index is 2.77. The molecule has 0 bridgehead atoms. The summed E-state index contributed by atoms with van der Waals surface area (Å²) >= 11 is 0. The maximum Gasteiger partial charge on any atom is 0.308 e. The molecule has 2 atom stereocenters. The molecule has 0 aromatic heterocycles. The molecule has 0 aromatic carbocycles. The third-order valence-electron chi connectivity index (χ3n) is 2.37. The van der Waals surface area contributed by atoms with Crippen LogP contribution in [0.25, 0.3) is 0 Å². The first-order valence-electron chi connectivity index (χ1n) is 4.00. The van der Waals surface area contributed by atoms with Gasteiger partial charge in [0.05, 0.1) is 12.2 Å². The van der Waals surface area contributed by atoms with Gasteiger partial charge in [-0.05, 0) is 5.92 Å². The Morgan fingerprint density at radius 2 is 2.00 bits per heavy atom. The number of hydrogen-bond acceptors (Lipinski definition) is 3. The van der Waals surface area contributed by atoms with Gasteiger partial charge < -0.3 is 5.11 Å². The van der Waals surface area contributed by atoms with E-state index in [1.807, 2.05) is 0 Å². The number of hydrogen-bond donors (Lipinski definition) is 1. The standard InChI is InChI=1S/C7H13NO4S/c1-5-3-8(13(2,11)12)4-6(5)7(9)10/h5-6H,3-4H2,1-2H3,(H,9,10)/t5-,6-/m0/s1. The van der Waals surface area contributed by atoms with E-state index in [1.54, 1.807) is 6.92 Å². The zero-order valence-electron chi connectivity index (χ0n) is 7.60. The van der Waals surface area contributed by atoms with Crippen LogP contribution in [-0.2, 0) is 14.8 Å². The SMILES string of the molecule is C[C@H]1CN(S(C)(=O)=O)C[C@@H]1C(=O)O. The lowest BCUT2D eigenvalue weighted by Crippen LogP contribution is -2.28. The second-order valence-electron chi connectivity index (χ2n) is 3.50. The maximum absolute atomic E-state index is 11.1. The minimum atomic E-state index is -3.23. The van der Waals surface area contributed by atoms with Gasteiger partial charge in [-0.3, -0.25) is 4.79 Å². The summed E-state index contributed by atoms with van der Waals surface area (Å²) in [7, 11) is -3.23. The second kappa shape index (κ2) is 3.26. The van der Waals surface area contributed by atoms with E-state index in [0.29, 0.717) is 6.54 Å². The molecule has 1 N–H and O–H groups in total. The van der Waals surface area contributed by atoms with Gasteiger partial charge in [0, 0.05) is 13.1 Å². The molecule has 1 aliphatic heterocycles. The van der Waals surface area contributed by atoms with Crippen molar-refractivity contribution < 1.29 is 18.3 Å². The molecule has 0 aromatic rings. The molecule has 0 saturated carbocycles. The second-order valence-corrected chi connectivity index (χ2v) is 5.48. The fraction of sp³-hybridized carbons (Fsp3) is 0.857. The largest absolute Gasteiger partial charge is 0.481 e. The highest BCUT2D eigenvalue weighted by Gasteiger charge is 2.38. The molecule has 1 rings (SSSR count). The first kappa shape index (κ1) is 10.5. The average molecular weight is 207 g/mol. The highest BCUT2D eigenvalue weighted by molar-refractivity contribution is 7.88.